The fraction of sp³-hybridized carbons (Fsp3) is 0.593. The third-order valence-corrected chi connectivity index (χ3v) is 7.46. The molecule has 8 heteroatoms. The van der Waals surface area contributed by atoms with Crippen LogP contribution < -0.4 is 4.90 Å². The number of anilines is 1. The Morgan fingerprint density at radius 1 is 0.971 bits per heavy atom. The van der Waals surface area contributed by atoms with E-state index in [0.717, 1.165) is 98.9 Å². The first-order chi connectivity index (χ1) is 17.2. The summed E-state index contributed by atoms with van der Waals surface area (Å²) in [5.74, 6) is 4.51. The van der Waals surface area contributed by atoms with E-state index in [0.29, 0.717) is 18.4 Å². The van der Waals surface area contributed by atoms with Crippen LogP contribution in [0.4, 0.5) is 5.69 Å². The van der Waals surface area contributed by atoms with Crippen molar-refractivity contribution in [1.82, 2.24) is 20.3 Å². The minimum absolute atomic E-state index is 0.145. The molecule has 0 spiro atoms. The van der Waals surface area contributed by atoms with Crippen molar-refractivity contribution in [3.05, 3.63) is 41.8 Å². The topological polar surface area (TPSA) is 98.2 Å². The van der Waals surface area contributed by atoms with Gasteiger partial charge in [0.2, 0.25) is 11.8 Å². The Labute approximate surface area is 205 Å². The third-order valence-electron chi connectivity index (χ3n) is 7.46. The Morgan fingerprint density at radius 3 is 2.63 bits per heavy atom. The van der Waals surface area contributed by atoms with Crippen LogP contribution in [0.2, 0.25) is 0 Å². The zero-order valence-corrected chi connectivity index (χ0v) is 20.2. The Morgan fingerprint density at radius 2 is 1.86 bits per heavy atom. The molecular weight excluding hydrogens is 442 g/mol. The summed E-state index contributed by atoms with van der Waals surface area (Å²) in [6.07, 6.45) is 12.6. The average Bonchev–Trinajstić information content (AvgIpc) is 3.75. The molecule has 1 amide bonds. The standard InChI is InChI=1S/C27H33N5O3/c33-27(20-6-4-7-20)32(15-3-1-2-10-24-28-23(30-34-24)16-18-11-12-18)22-9-5-8-21(17-22)26-29-25(31-35-26)19-13-14-19/h5,8-9,17-20H,1-4,6-7,10-16H2. The van der Waals surface area contributed by atoms with Crippen LogP contribution in [-0.2, 0) is 17.6 Å². The maximum atomic E-state index is 13.3. The highest BCUT2D eigenvalue weighted by molar-refractivity contribution is 5.96. The fourth-order valence-electron chi connectivity index (χ4n) is 4.69. The van der Waals surface area contributed by atoms with E-state index in [-0.39, 0.29) is 11.8 Å². The Kier molecular flexibility index (Phi) is 6.35. The number of aryl methyl sites for hydroxylation is 1. The summed E-state index contributed by atoms with van der Waals surface area (Å²) >= 11 is 0. The predicted molar refractivity (Wildman–Crippen MR) is 130 cm³/mol. The van der Waals surface area contributed by atoms with Crippen LogP contribution >= 0.6 is 0 Å². The number of carbonyl (C=O) groups excluding carboxylic acids is 1. The molecule has 0 radical (unpaired) electrons. The molecule has 0 aliphatic heterocycles. The van der Waals surface area contributed by atoms with E-state index < -0.39 is 0 Å². The molecule has 3 aromatic rings. The SMILES string of the molecule is O=C(C1CCC1)N(CCCCCc1nc(CC2CC2)no1)c1cccc(-c2nc(C3CC3)no2)c1. The molecule has 3 fully saturated rings. The zero-order valence-electron chi connectivity index (χ0n) is 20.2. The number of nitrogens with zero attached hydrogens (tertiary/aromatic N) is 5. The molecule has 2 aromatic heterocycles. The van der Waals surface area contributed by atoms with Gasteiger partial charge in [0.1, 0.15) is 0 Å². The summed E-state index contributed by atoms with van der Waals surface area (Å²) in [4.78, 5) is 24.4. The summed E-state index contributed by atoms with van der Waals surface area (Å²) in [5, 5.41) is 8.26. The minimum atomic E-state index is 0.145. The lowest BCUT2D eigenvalue weighted by atomic mass is 9.84. The first-order valence-electron chi connectivity index (χ1n) is 13.3. The first-order valence-corrected chi connectivity index (χ1v) is 13.3. The number of rotatable bonds is 12. The Bertz CT molecular complexity index is 1160. The van der Waals surface area contributed by atoms with Gasteiger partial charge >= 0.3 is 0 Å². The number of unbranched alkanes of at least 4 members (excludes halogenated alkanes) is 2. The number of hydrogen-bond acceptors (Lipinski definition) is 7. The third kappa shape index (κ3) is 5.46. The van der Waals surface area contributed by atoms with Gasteiger partial charge in [-0.1, -0.05) is 29.2 Å². The van der Waals surface area contributed by atoms with Gasteiger partial charge in [0.25, 0.3) is 5.89 Å². The lowest BCUT2D eigenvalue weighted by Crippen LogP contribution is -2.39. The number of carbonyl (C=O) groups is 1. The second-order valence-electron chi connectivity index (χ2n) is 10.5. The number of amides is 1. The van der Waals surface area contributed by atoms with Gasteiger partial charge in [0.05, 0.1) is 0 Å². The zero-order chi connectivity index (χ0) is 23.6. The second-order valence-corrected chi connectivity index (χ2v) is 10.5. The summed E-state index contributed by atoms with van der Waals surface area (Å²) in [5.41, 5.74) is 1.78. The van der Waals surface area contributed by atoms with Crippen LogP contribution in [-0.4, -0.2) is 32.7 Å². The van der Waals surface area contributed by atoms with Crippen molar-refractivity contribution >= 4 is 11.6 Å². The molecule has 0 N–H and O–H groups in total. The summed E-state index contributed by atoms with van der Waals surface area (Å²) < 4.78 is 10.9. The van der Waals surface area contributed by atoms with Gasteiger partial charge < -0.3 is 13.9 Å². The first kappa shape index (κ1) is 22.4. The molecule has 3 saturated carbocycles. The van der Waals surface area contributed by atoms with E-state index in [1.54, 1.807) is 0 Å². The fourth-order valence-corrected chi connectivity index (χ4v) is 4.69. The molecule has 1 aromatic carbocycles. The lowest BCUT2D eigenvalue weighted by Gasteiger charge is -2.32. The highest BCUT2D eigenvalue weighted by Crippen LogP contribution is 2.39. The van der Waals surface area contributed by atoms with E-state index in [9.17, 15) is 4.79 Å². The van der Waals surface area contributed by atoms with E-state index in [1.807, 2.05) is 29.2 Å². The summed E-state index contributed by atoms with van der Waals surface area (Å²) in [7, 11) is 0. The number of aromatic nitrogens is 4. The molecule has 0 saturated heterocycles. The van der Waals surface area contributed by atoms with Gasteiger partial charge in [-0.05, 0) is 75.5 Å². The quantitative estimate of drug-likeness (QED) is 0.319. The van der Waals surface area contributed by atoms with Crippen molar-refractivity contribution in [3.8, 4) is 11.5 Å². The van der Waals surface area contributed by atoms with E-state index in [4.69, 9.17) is 9.05 Å². The van der Waals surface area contributed by atoms with Crippen molar-refractivity contribution in [2.45, 2.75) is 83.0 Å². The smallest absolute Gasteiger partial charge is 0.258 e. The molecule has 35 heavy (non-hydrogen) atoms. The lowest BCUT2D eigenvalue weighted by molar-refractivity contribution is -0.124. The monoisotopic (exact) mass is 475 g/mol. The van der Waals surface area contributed by atoms with E-state index in [2.05, 4.69) is 20.3 Å². The number of hydrogen-bond donors (Lipinski definition) is 0. The Balaban J connectivity index is 1.07. The maximum Gasteiger partial charge on any atom is 0.258 e. The van der Waals surface area contributed by atoms with Gasteiger partial charge in [0, 0.05) is 42.5 Å². The molecule has 0 unspecified atom stereocenters. The van der Waals surface area contributed by atoms with Gasteiger partial charge in [-0.15, -0.1) is 0 Å². The molecular formula is C27H33N5O3. The minimum Gasteiger partial charge on any atom is -0.339 e. The van der Waals surface area contributed by atoms with Crippen LogP contribution in [0, 0.1) is 11.8 Å². The van der Waals surface area contributed by atoms with E-state index in [1.165, 1.54) is 12.8 Å². The van der Waals surface area contributed by atoms with Gasteiger partial charge in [0.15, 0.2) is 11.6 Å². The molecule has 6 rings (SSSR count). The molecule has 0 bridgehead atoms. The molecule has 184 valence electrons. The highest BCUT2D eigenvalue weighted by atomic mass is 16.5. The van der Waals surface area contributed by atoms with Crippen LogP contribution in [0.25, 0.3) is 11.5 Å². The van der Waals surface area contributed by atoms with Crippen LogP contribution in [0.15, 0.2) is 33.3 Å². The molecule has 0 atom stereocenters. The normalized spacial score (nSPS) is 17.9. The number of benzene rings is 1. The van der Waals surface area contributed by atoms with Crippen molar-refractivity contribution < 1.29 is 13.8 Å². The molecule has 3 aliphatic carbocycles. The Hall–Kier alpha value is -3.03. The predicted octanol–water partition coefficient (Wildman–Crippen LogP) is 5.50. The highest BCUT2D eigenvalue weighted by Gasteiger charge is 2.31. The van der Waals surface area contributed by atoms with Crippen molar-refractivity contribution in [2.75, 3.05) is 11.4 Å². The van der Waals surface area contributed by atoms with Crippen molar-refractivity contribution in [3.63, 3.8) is 0 Å². The van der Waals surface area contributed by atoms with Crippen molar-refractivity contribution in [2.24, 2.45) is 11.8 Å². The van der Waals surface area contributed by atoms with Gasteiger partial charge in [-0.2, -0.15) is 9.97 Å². The van der Waals surface area contributed by atoms with Crippen molar-refractivity contribution in [1.29, 1.82) is 0 Å². The second kappa shape index (κ2) is 9.91. The average molecular weight is 476 g/mol. The summed E-state index contributed by atoms with van der Waals surface area (Å²) in [6, 6.07) is 7.97. The molecule has 2 heterocycles. The van der Waals surface area contributed by atoms with Gasteiger partial charge in [-0.25, -0.2) is 0 Å². The summed E-state index contributed by atoms with van der Waals surface area (Å²) in [6.45, 7) is 0.701. The molecule has 8 nitrogen and oxygen atoms in total. The van der Waals surface area contributed by atoms with E-state index >= 15 is 0 Å². The van der Waals surface area contributed by atoms with Crippen LogP contribution in [0.1, 0.15) is 87.7 Å². The van der Waals surface area contributed by atoms with Crippen LogP contribution in [0.3, 0.4) is 0 Å². The maximum absolute atomic E-state index is 13.3. The van der Waals surface area contributed by atoms with Crippen LogP contribution in [0.5, 0.6) is 0 Å². The van der Waals surface area contributed by atoms with Gasteiger partial charge in [-0.3, -0.25) is 4.79 Å². The molecule has 3 aliphatic rings. The largest absolute Gasteiger partial charge is 0.339 e.